The monoisotopic (exact) mass is 480 g/mol. The van der Waals surface area contributed by atoms with E-state index in [0.29, 0.717) is 34.6 Å². The first-order valence-corrected chi connectivity index (χ1v) is 12.5. The molecule has 1 N–H and O–H groups in total. The molecule has 0 unspecified atom stereocenters. The SMILES string of the molecule is N#Cc1cccc(C(=O)C[N+]23CCC(CC2)[C@@H](OC(=O)[C@H](Nc2ccccc2)c2ccccc2)C3)c1. The third-order valence-corrected chi connectivity index (χ3v) is 7.56. The number of quaternary nitrogens is 1. The van der Waals surface area contributed by atoms with Crippen LogP contribution in [0.25, 0.3) is 0 Å². The number of benzene rings is 3. The van der Waals surface area contributed by atoms with Gasteiger partial charge in [-0.05, 0) is 29.8 Å². The first kappa shape index (κ1) is 23.8. The summed E-state index contributed by atoms with van der Waals surface area (Å²) in [6, 6.07) is 27.7. The number of nitriles is 1. The summed E-state index contributed by atoms with van der Waals surface area (Å²) in [6.07, 6.45) is 1.65. The molecule has 0 saturated carbocycles. The summed E-state index contributed by atoms with van der Waals surface area (Å²) in [5.74, 6) is 0.0551. The molecule has 0 aliphatic carbocycles. The van der Waals surface area contributed by atoms with Crippen LogP contribution in [0.2, 0.25) is 0 Å². The van der Waals surface area contributed by atoms with Crippen molar-refractivity contribution in [2.24, 2.45) is 5.92 Å². The Kier molecular flexibility index (Phi) is 6.84. The van der Waals surface area contributed by atoms with Crippen LogP contribution in [0, 0.1) is 17.2 Å². The van der Waals surface area contributed by atoms with Gasteiger partial charge in [-0.25, -0.2) is 4.79 Å². The average Bonchev–Trinajstić information content (AvgIpc) is 2.93. The fourth-order valence-corrected chi connectivity index (χ4v) is 5.58. The lowest BCUT2D eigenvalue weighted by Gasteiger charge is -2.51. The number of Topliss-reactive ketones (excluding diaryl/α,β-unsaturated/α-hetero) is 1. The Labute approximate surface area is 211 Å². The highest BCUT2D eigenvalue weighted by Gasteiger charge is 2.49. The van der Waals surface area contributed by atoms with E-state index in [1.165, 1.54) is 0 Å². The maximum Gasteiger partial charge on any atom is 0.333 e. The number of piperidine rings is 3. The van der Waals surface area contributed by atoms with Crippen molar-refractivity contribution in [1.82, 2.24) is 0 Å². The molecule has 3 aliphatic rings. The number of ether oxygens (including phenoxy) is 1. The fraction of sp³-hybridized carbons (Fsp3) is 0.300. The number of fused-ring (bicyclic) bond motifs is 3. The minimum atomic E-state index is -0.618. The summed E-state index contributed by atoms with van der Waals surface area (Å²) < 4.78 is 6.82. The molecule has 2 atom stereocenters. The van der Waals surface area contributed by atoms with Gasteiger partial charge in [0.2, 0.25) is 5.78 Å². The zero-order valence-electron chi connectivity index (χ0n) is 20.2. The first-order chi connectivity index (χ1) is 17.5. The number of esters is 1. The average molecular weight is 481 g/mol. The molecule has 2 bridgehead atoms. The summed E-state index contributed by atoms with van der Waals surface area (Å²) in [5, 5.41) is 12.5. The van der Waals surface area contributed by atoms with Gasteiger partial charge >= 0.3 is 5.97 Å². The summed E-state index contributed by atoms with van der Waals surface area (Å²) in [7, 11) is 0. The number of para-hydroxylation sites is 1. The molecule has 182 valence electrons. The lowest BCUT2D eigenvalue weighted by Crippen LogP contribution is -2.65. The summed E-state index contributed by atoms with van der Waals surface area (Å²) in [5.41, 5.74) is 2.76. The van der Waals surface area contributed by atoms with Crippen molar-refractivity contribution < 1.29 is 18.8 Å². The second-order valence-corrected chi connectivity index (χ2v) is 9.91. The van der Waals surface area contributed by atoms with Crippen LogP contribution < -0.4 is 5.32 Å². The largest absolute Gasteiger partial charge is 0.454 e. The highest BCUT2D eigenvalue weighted by Crippen LogP contribution is 2.36. The standard InChI is InChI=1S/C30H30N3O3/c31-19-22-8-7-11-25(18-22)27(34)20-33-16-14-23(15-17-33)28(21-33)36-30(35)29(24-9-3-1-4-10-24)32-26-12-5-2-6-13-26/h1-13,18,23,28-29,32H,14-17,20-21H2/q+1/t23?,28-,29+,33?/m0/s1. The molecule has 0 amide bonds. The second kappa shape index (κ2) is 10.3. The number of ketones is 1. The van der Waals surface area contributed by atoms with Crippen molar-refractivity contribution in [3.8, 4) is 6.07 Å². The molecule has 3 aromatic carbocycles. The molecule has 0 radical (unpaired) electrons. The van der Waals surface area contributed by atoms with Crippen molar-refractivity contribution in [3.63, 3.8) is 0 Å². The van der Waals surface area contributed by atoms with Crippen LogP contribution in [0.5, 0.6) is 0 Å². The molecule has 6 nitrogen and oxygen atoms in total. The Morgan fingerprint density at radius 2 is 1.67 bits per heavy atom. The molecule has 3 saturated heterocycles. The van der Waals surface area contributed by atoms with Crippen molar-refractivity contribution >= 4 is 17.4 Å². The lowest BCUT2D eigenvalue weighted by atomic mass is 9.82. The predicted molar refractivity (Wildman–Crippen MR) is 137 cm³/mol. The van der Waals surface area contributed by atoms with Crippen LogP contribution in [0.1, 0.15) is 40.4 Å². The first-order valence-electron chi connectivity index (χ1n) is 12.5. The van der Waals surface area contributed by atoms with E-state index >= 15 is 0 Å². The topological polar surface area (TPSA) is 79.2 Å². The number of carbonyl (C=O) groups excluding carboxylic acids is 2. The van der Waals surface area contributed by atoms with Crippen LogP contribution in [-0.4, -0.2) is 48.5 Å². The van der Waals surface area contributed by atoms with Gasteiger partial charge in [-0.15, -0.1) is 0 Å². The van der Waals surface area contributed by atoms with Gasteiger partial charge in [0.15, 0.2) is 12.1 Å². The van der Waals surface area contributed by atoms with Gasteiger partial charge in [0, 0.05) is 30.0 Å². The number of nitrogens with zero attached hydrogens (tertiary/aromatic N) is 2. The van der Waals surface area contributed by atoms with Crippen molar-refractivity contribution in [2.75, 3.05) is 31.5 Å². The highest BCUT2D eigenvalue weighted by atomic mass is 16.5. The van der Waals surface area contributed by atoms with E-state index in [2.05, 4.69) is 11.4 Å². The van der Waals surface area contributed by atoms with Gasteiger partial charge in [0.25, 0.3) is 0 Å². The third-order valence-electron chi connectivity index (χ3n) is 7.56. The van der Waals surface area contributed by atoms with Crippen LogP contribution in [0.3, 0.4) is 0 Å². The Hall–Kier alpha value is -3.95. The van der Waals surface area contributed by atoms with E-state index in [1.54, 1.807) is 24.3 Å². The summed E-state index contributed by atoms with van der Waals surface area (Å²) in [4.78, 5) is 26.7. The zero-order valence-corrected chi connectivity index (χ0v) is 20.2. The number of rotatable bonds is 8. The van der Waals surface area contributed by atoms with Gasteiger partial charge in [0.05, 0.1) is 24.7 Å². The van der Waals surface area contributed by atoms with Gasteiger partial charge in [-0.2, -0.15) is 5.26 Å². The minimum absolute atomic E-state index is 0.0328. The molecule has 6 heteroatoms. The Morgan fingerprint density at radius 1 is 0.972 bits per heavy atom. The number of hydrogen-bond donors (Lipinski definition) is 1. The smallest absolute Gasteiger partial charge is 0.333 e. The molecule has 6 rings (SSSR count). The maximum absolute atomic E-state index is 13.5. The Balaban J connectivity index is 1.31. The predicted octanol–water partition coefficient (Wildman–Crippen LogP) is 4.75. The summed E-state index contributed by atoms with van der Waals surface area (Å²) in [6.45, 7) is 2.83. The number of hydrogen-bond acceptors (Lipinski definition) is 5. The van der Waals surface area contributed by atoms with Gasteiger partial charge < -0.3 is 14.5 Å². The number of anilines is 1. The van der Waals surface area contributed by atoms with Crippen LogP contribution >= 0.6 is 0 Å². The van der Waals surface area contributed by atoms with Gasteiger partial charge in [-0.1, -0.05) is 60.7 Å². The third kappa shape index (κ3) is 5.17. The van der Waals surface area contributed by atoms with E-state index in [0.717, 1.165) is 37.2 Å². The van der Waals surface area contributed by atoms with E-state index in [-0.39, 0.29) is 17.9 Å². The van der Waals surface area contributed by atoms with Crippen LogP contribution in [0.4, 0.5) is 5.69 Å². The van der Waals surface area contributed by atoms with Crippen molar-refractivity contribution in [2.45, 2.75) is 25.0 Å². The molecule has 3 heterocycles. The maximum atomic E-state index is 13.5. The van der Waals surface area contributed by atoms with Gasteiger partial charge in [0.1, 0.15) is 13.1 Å². The minimum Gasteiger partial charge on any atom is -0.454 e. The molecule has 3 aromatic rings. The van der Waals surface area contributed by atoms with Crippen molar-refractivity contribution in [3.05, 3.63) is 102 Å². The van der Waals surface area contributed by atoms with Crippen LogP contribution in [-0.2, 0) is 9.53 Å². The molecular formula is C30H30N3O3+. The second-order valence-electron chi connectivity index (χ2n) is 9.91. The molecule has 3 aliphatic heterocycles. The van der Waals surface area contributed by atoms with E-state index in [9.17, 15) is 14.9 Å². The zero-order chi connectivity index (χ0) is 25.0. The number of carbonyl (C=O) groups is 2. The normalized spacial score (nSPS) is 23.3. The fourth-order valence-electron chi connectivity index (χ4n) is 5.58. The Morgan fingerprint density at radius 3 is 2.36 bits per heavy atom. The molecule has 3 fully saturated rings. The molecular weight excluding hydrogens is 450 g/mol. The lowest BCUT2D eigenvalue weighted by molar-refractivity contribution is -0.938. The van der Waals surface area contributed by atoms with E-state index in [1.807, 2.05) is 60.7 Å². The molecule has 0 spiro atoms. The molecule has 36 heavy (non-hydrogen) atoms. The highest BCUT2D eigenvalue weighted by molar-refractivity contribution is 5.97. The quantitative estimate of drug-likeness (QED) is 0.286. The van der Waals surface area contributed by atoms with Crippen LogP contribution in [0.15, 0.2) is 84.9 Å². The van der Waals surface area contributed by atoms with E-state index in [4.69, 9.17) is 4.74 Å². The summed E-state index contributed by atoms with van der Waals surface area (Å²) >= 11 is 0. The molecule has 0 aromatic heterocycles. The number of nitrogens with one attached hydrogen (secondary N) is 1. The Bertz CT molecular complexity index is 1260. The van der Waals surface area contributed by atoms with E-state index < -0.39 is 6.04 Å². The van der Waals surface area contributed by atoms with Crippen molar-refractivity contribution in [1.29, 1.82) is 5.26 Å². The van der Waals surface area contributed by atoms with Gasteiger partial charge in [-0.3, -0.25) is 4.79 Å².